The average Bonchev–Trinajstić information content (AvgIpc) is 2.53. The topological polar surface area (TPSA) is 71.5 Å². The summed E-state index contributed by atoms with van der Waals surface area (Å²) in [4.78, 5) is -2.83. The van der Waals surface area contributed by atoms with Crippen molar-refractivity contribution in [3.8, 4) is 0 Å². The third-order valence-corrected chi connectivity index (χ3v) is 7.45. The van der Waals surface area contributed by atoms with Gasteiger partial charge in [0.1, 0.15) is 10.7 Å². The van der Waals surface area contributed by atoms with Gasteiger partial charge < -0.3 is 0 Å². The Morgan fingerprint density at radius 1 is 0.926 bits per heavy atom. The van der Waals surface area contributed by atoms with Crippen LogP contribution in [0.3, 0.4) is 0 Å². The zero-order chi connectivity index (χ0) is 20.8. The van der Waals surface area contributed by atoms with E-state index >= 15 is 0 Å². The third-order valence-electron chi connectivity index (χ3n) is 4.05. The highest BCUT2D eigenvalue weighted by atomic mass is 32.2. The van der Waals surface area contributed by atoms with Gasteiger partial charge in [-0.15, -0.1) is 0 Å². The van der Waals surface area contributed by atoms with Gasteiger partial charge in [-0.3, -0.25) is 0 Å². The zero-order valence-electron chi connectivity index (χ0n) is 13.2. The Hall–Kier alpha value is -1.41. The van der Waals surface area contributed by atoms with Crippen molar-refractivity contribution in [3.05, 3.63) is 24.0 Å². The van der Waals surface area contributed by atoms with Crippen LogP contribution in [0.15, 0.2) is 28.0 Å². The van der Waals surface area contributed by atoms with E-state index in [9.17, 15) is 47.6 Å². The Kier molecular flexibility index (Phi) is 5.58. The predicted molar refractivity (Wildman–Crippen MR) is 77.2 cm³/mol. The van der Waals surface area contributed by atoms with Gasteiger partial charge in [0.15, 0.2) is 0 Å². The molecule has 27 heavy (non-hydrogen) atoms. The van der Waals surface area contributed by atoms with Crippen molar-refractivity contribution in [1.29, 1.82) is 0 Å². The molecule has 14 heteroatoms. The summed E-state index contributed by atoms with van der Waals surface area (Å²) >= 11 is 0. The van der Waals surface area contributed by atoms with E-state index in [4.69, 9.17) is 0 Å². The maximum absolute atomic E-state index is 13.6. The van der Waals surface area contributed by atoms with Crippen molar-refractivity contribution in [2.45, 2.75) is 34.3 Å². The van der Waals surface area contributed by atoms with Crippen molar-refractivity contribution in [2.75, 3.05) is 13.1 Å². The van der Waals surface area contributed by atoms with Gasteiger partial charge >= 0.3 is 11.7 Å². The summed E-state index contributed by atoms with van der Waals surface area (Å²) in [5.74, 6) is -3.53. The first kappa shape index (κ1) is 21.9. The van der Waals surface area contributed by atoms with Gasteiger partial charge in [-0.25, -0.2) is 21.2 Å². The highest BCUT2D eigenvalue weighted by Gasteiger charge is 2.49. The Morgan fingerprint density at radius 3 is 1.89 bits per heavy atom. The van der Waals surface area contributed by atoms with Gasteiger partial charge in [0, 0.05) is 13.1 Å². The van der Waals surface area contributed by atoms with Gasteiger partial charge in [-0.2, -0.15) is 30.6 Å². The van der Waals surface area contributed by atoms with Gasteiger partial charge in [0.2, 0.25) is 10.0 Å². The minimum Gasteiger partial charge on any atom is -0.214 e. The number of benzene rings is 1. The first-order chi connectivity index (χ1) is 12.1. The number of rotatable bonds is 3. The van der Waals surface area contributed by atoms with Crippen LogP contribution in [0.1, 0.15) is 12.8 Å². The molecule has 0 bridgehead atoms. The normalized spacial score (nSPS) is 18.6. The number of alkyl halides is 6. The second kappa shape index (κ2) is 6.88. The summed E-state index contributed by atoms with van der Waals surface area (Å²) in [5.41, 5.74) is -5.86. The summed E-state index contributed by atoms with van der Waals surface area (Å²) < 4.78 is 138. The van der Waals surface area contributed by atoms with Crippen molar-refractivity contribution in [1.82, 2.24) is 4.31 Å². The number of halogens is 7. The lowest BCUT2D eigenvalue weighted by Crippen LogP contribution is -2.42. The molecule has 1 saturated heterocycles. The molecule has 1 aromatic rings. The standard InChI is InChI=1S/C13H12F7NO4S2/c14-10-2-1-9(7-11(10)26(22,23)13(18,19)20)27(24,25)21-5-3-8(4-6-21)12(15,16)17/h1-2,7-8H,3-6H2. The van der Waals surface area contributed by atoms with E-state index < -0.39 is 79.0 Å². The molecule has 0 aromatic heterocycles. The molecule has 0 radical (unpaired) electrons. The minimum absolute atomic E-state index is 0.0172. The number of sulfone groups is 1. The largest absolute Gasteiger partial charge is 0.502 e. The molecule has 2 rings (SSSR count). The first-order valence-corrected chi connectivity index (χ1v) is 10.2. The monoisotopic (exact) mass is 443 g/mol. The van der Waals surface area contributed by atoms with Crippen molar-refractivity contribution < 1.29 is 47.6 Å². The Bertz CT molecular complexity index is 915. The van der Waals surface area contributed by atoms with Gasteiger partial charge in [0.05, 0.1) is 10.8 Å². The molecule has 1 heterocycles. The third kappa shape index (κ3) is 4.21. The molecule has 5 nitrogen and oxygen atoms in total. The number of sulfonamides is 1. The van der Waals surface area contributed by atoms with E-state index in [2.05, 4.69) is 0 Å². The molecule has 0 atom stereocenters. The van der Waals surface area contributed by atoms with Gasteiger partial charge in [-0.1, -0.05) is 0 Å². The van der Waals surface area contributed by atoms with Crippen LogP contribution < -0.4 is 0 Å². The molecule has 0 amide bonds. The summed E-state index contributed by atoms with van der Waals surface area (Å²) in [6.45, 7) is -1.13. The van der Waals surface area contributed by atoms with E-state index in [0.29, 0.717) is 10.4 Å². The van der Waals surface area contributed by atoms with E-state index in [1.807, 2.05) is 0 Å². The van der Waals surface area contributed by atoms with Crippen LogP contribution in [-0.4, -0.2) is 45.9 Å². The molecule has 0 spiro atoms. The Labute approximate surface area is 149 Å². The summed E-state index contributed by atoms with van der Waals surface area (Å²) in [5, 5.41) is 0. The number of hydrogen-bond acceptors (Lipinski definition) is 4. The lowest BCUT2D eigenvalue weighted by Gasteiger charge is -2.32. The quantitative estimate of drug-likeness (QED) is 0.674. The van der Waals surface area contributed by atoms with Crippen molar-refractivity contribution in [3.63, 3.8) is 0 Å². The maximum Gasteiger partial charge on any atom is 0.502 e. The van der Waals surface area contributed by atoms with Crippen LogP contribution in [0.2, 0.25) is 0 Å². The molecule has 0 saturated carbocycles. The van der Waals surface area contributed by atoms with E-state index in [0.717, 1.165) is 0 Å². The Balaban J connectivity index is 2.38. The molecule has 1 fully saturated rings. The maximum atomic E-state index is 13.6. The molecule has 1 aromatic carbocycles. The van der Waals surface area contributed by atoms with E-state index in [-0.39, 0.29) is 12.1 Å². The van der Waals surface area contributed by atoms with Crippen molar-refractivity contribution in [2.24, 2.45) is 5.92 Å². The summed E-state index contributed by atoms with van der Waals surface area (Å²) in [6, 6.07) is 0.813. The molecule has 1 aliphatic heterocycles. The zero-order valence-corrected chi connectivity index (χ0v) is 14.8. The van der Waals surface area contributed by atoms with Crippen LogP contribution in [0.4, 0.5) is 30.7 Å². The van der Waals surface area contributed by atoms with Gasteiger partial charge in [-0.05, 0) is 31.0 Å². The fourth-order valence-corrected chi connectivity index (χ4v) is 4.97. The average molecular weight is 443 g/mol. The van der Waals surface area contributed by atoms with Crippen molar-refractivity contribution >= 4 is 19.9 Å². The summed E-state index contributed by atoms with van der Waals surface area (Å²) in [7, 11) is -10.8. The predicted octanol–water partition coefficient (Wildman–Crippen LogP) is 3.08. The number of piperidine rings is 1. The van der Waals surface area contributed by atoms with E-state index in [1.54, 1.807) is 0 Å². The second-order valence-corrected chi connectivity index (χ2v) is 9.61. The fraction of sp³-hybridized carbons (Fsp3) is 0.538. The molecule has 0 unspecified atom stereocenters. The second-order valence-electron chi connectivity index (χ2n) is 5.76. The number of nitrogens with zero attached hydrogens (tertiary/aromatic N) is 1. The highest BCUT2D eigenvalue weighted by Crippen LogP contribution is 2.37. The molecule has 0 N–H and O–H groups in total. The molecule has 154 valence electrons. The first-order valence-electron chi connectivity index (χ1n) is 7.26. The van der Waals surface area contributed by atoms with Crippen LogP contribution in [0.25, 0.3) is 0 Å². The lowest BCUT2D eigenvalue weighted by molar-refractivity contribution is -0.182. The van der Waals surface area contributed by atoms with Crippen LogP contribution in [-0.2, 0) is 19.9 Å². The Morgan fingerprint density at radius 2 is 1.44 bits per heavy atom. The van der Waals surface area contributed by atoms with Crippen LogP contribution in [0.5, 0.6) is 0 Å². The van der Waals surface area contributed by atoms with E-state index in [1.165, 1.54) is 0 Å². The molecule has 0 aliphatic carbocycles. The fourth-order valence-electron chi connectivity index (χ4n) is 2.55. The molecular weight excluding hydrogens is 431 g/mol. The number of hydrogen-bond donors (Lipinski definition) is 0. The smallest absolute Gasteiger partial charge is 0.214 e. The van der Waals surface area contributed by atoms with Crippen LogP contribution in [0, 0.1) is 11.7 Å². The summed E-state index contributed by atoms with van der Waals surface area (Å²) in [6.07, 6.45) is -5.63. The molecular formula is C13H12F7NO4S2. The van der Waals surface area contributed by atoms with Gasteiger partial charge in [0.25, 0.3) is 9.84 Å². The SMILES string of the molecule is O=S(=O)(c1ccc(F)c(S(=O)(=O)C(F)(F)F)c1)N1CCC(C(F)(F)F)CC1. The molecule has 1 aliphatic rings. The lowest BCUT2D eigenvalue weighted by atomic mass is 9.98. The minimum atomic E-state index is -6.16. The van der Waals surface area contributed by atoms with Crippen LogP contribution >= 0.6 is 0 Å². The highest BCUT2D eigenvalue weighted by molar-refractivity contribution is 7.92.